The molecule has 0 radical (unpaired) electrons. The van der Waals surface area contributed by atoms with Crippen molar-refractivity contribution < 1.29 is 14.3 Å². The molecular weight excluding hydrogens is 206 g/mol. The van der Waals surface area contributed by atoms with E-state index in [2.05, 4.69) is 5.32 Å². The largest absolute Gasteiger partial charge is 0.450 e. The molecule has 1 N–H and O–H groups in total. The third-order valence-corrected chi connectivity index (χ3v) is 1.98. The van der Waals surface area contributed by atoms with Gasteiger partial charge in [0.1, 0.15) is 0 Å². The highest BCUT2D eigenvalue weighted by atomic mass is 16.5. The van der Waals surface area contributed by atoms with Gasteiger partial charge in [-0.2, -0.15) is 0 Å². The second-order valence-corrected chi connectivity index (χ2v) is 5.44. The van der Waals surface area contributed by atoms with Crippen LogP contribution in [-0.2, 0) is 9.47 Å². The monoisotopic (exact) mass is 231 g/mol. The van der Waals surface area contributed by atoms with E-state index in [9.17, 15) is 4.79 Å². The third-order valence-electron chi connectivity index (χ3n) is 1.98. The summed E-state index contributed by atoms with van der Waals surface area (Å²) in [6.07, 6.45) is 0.381. The lowest BCUT2D eigenvalue weighted by molar-refractivity contribution is -0.0113. The predicted octanol–water partition coefficient (Wildman–Crippen LogP) is 2.72. The number of carbonyl (C=O) groups excluding carboxylic acids is 1. The molecular formula is C12H25NO3. The van der Waals surface area contributed by atoms with Gasteiger partial charge in [0.15, 0.2) is 0 Å². The van der Waals surface area contributed by atoms with Crippen molar-refractivity contribution in [2.45, 2.75) is 59.1 Å². The molecule has 0 atom stereocenters. The fraction of sp³-hybridized carbons (Fsp3) is 0.917. The minimum Gasteiger partial charge on any atom is -0.450 e. The molecule has 16 heavy (non-hydrogen) atoms. The Balaban J connectivity index is 3.91. The topological polar surface area (TPSA) is 47.6 Å². The van der Waals surface area contributed by atoms with Crippen molar-refractivity contribution in [3.63, 3.8) is 0 Å². The summed E-state index contributed by atoms with van der Waals surface area (Å²) in [6.45, 7) is 12.7. The SMILES string of the molecule is CCOC(=O)NC(C)(C)CCOC(C)(C)C. The minimum atomic E-state index is -0.372. The Hall–Kier alpha value is -0.770. The fourth-order valence-electron chi connectivity index (χ4n) is 1.12. The van der Waals surface area contributed by atoms with Crippen molar-refractivity contribution in [3.8, 4) is 0 Å². The Morgan fingerprint density at radius 1 is 1.19 bits per heavy atom. The van der Waals surface area contributed by atoms with Crippen molar-refractivity contribution in [1.82, 2.24) is 5.32 Å². The number of amides is 1. The van der Waals surface area contributed by atoms with Crippen LogP contribution in [0.2, 0.25) is 0 Å². The van der Waals surface area contributed by atoms with E-state index in [0.29, 0.717) is 13.2 Å². The molecule has 0 fully saturated rings. The van der Waals surface area contributed by atoms with Crippen LogP contribution in [0.5, 0.6) is 0 Å². The van der Waals surface area contributed by atoms with Gasteiger partial charge in [-0.15, -0.1) is 0 Å². The molecule has 1 amide bonds. The van der Waals surface area contributed by atoms with Crippen molar-refractivity contribution in [2.75, 3.05) is 13.2 Å². The van der Waals surface area contributed by atoms with Gasteiger partial charge in [-0.3, -0.25) is 0 Å². The van der Waals surface area contributed by atoms with Crippen molar-refractivity contribution >= 4 is 6.09 Å². The van der Waals surface area contributed by atoms with Gasteiger partial charge in [0.25, 0.3) is 0 Å². The standard InChI is InChI=1S/C12H25NO3/c1-7-15-10(14)13-12(5,6)8-9-16-11(2,3)4/h7-9H2,1-6H3,(H,13,14). The van der Waals surface area contributed by atoms with Crippen molar-refractivity contribution in [2.24, 2.45) is 0 Å². The molecule has 4 heteroatoms. The molecule has 0 bridgehead atoms. The first-order valence-electron chi connectivity index (χ1n) is 5.75. The highest BCUT2D eigenvalue weighted by Gasteiger charge is 2.22. The first-order valence-corrected chi connectivity index (χ1v) is 5.75. The highest BCUT2D eigenvalue weighted by Crippen LogP contribution is 2.13. The van der Waals surface area contributed by atoms with Crippen LogP contribution in [0.3, 0.4) is 0 Å². The predicted molar refractivity (Wildman–Crippen MR) is 64.6 cm³/mol. The summed E-state index contributed by atoms with van der Waals surface area (Å²) < 4.78 is 10.4. The number of rotatable bonds is 5. The van der Waals surface area contributed by atoms with E-state index < -0.39 is 0 Å². The molecule has 0 aliphatic heterocycles. The Bertz CT molecular complexity index is 219. The summed E-state index contributed by atoms with van der Waals surface area (Å²) in [4.78, 5) is 11.2. The van der Waals surface area contributed by atoms with Gasteiger partial charge in [0, 0.05) is 12.1 Å². The summed E-state index contributed by atoms with van der Waals surface area (Å²) in [7, 11) is 0. The van der Waals surface area contributed by atoms with Gasteiger partial charge in [-0.25, -0.2) is 4.79 Å². The second kappa shape index (κ2) is 6.09. The van der Waals surface area contributed by atoms with Gasteiger partial charge in [-0.05, 0) is 48.0 Å². The van der Waals surface area contributed by atoms with E-state index in [1.807, 2.05) is 34.6 Å². The van der Waals surface area contributed by atoms with Gasteiger partial charge >= 0.3 is 6.09 Å². The smallest absolute Gasteiger partial charge is 0.407 e. The number of carbonyl (C=O) groups is 1. The molecule has 0 aliphatic carbocycles. The molecule has 96 valence electrons. The molecule has 0 unspecified atom stereocenters. The summed E-state index contributed by atoms with van der Waals surface area (Å²) >= 11 is 0. The fourth-order valence-corrected chi connectivity index (χ4v) is 1.12. The van der Waals surface area contributed by atoms with Crippen LogP contribution in [0.4, 0.5) is 4.79 Å². The molecule has 0 saturated carbocycles. The summed E-state index contributed by atoms with van der Waals surface area (Å²) in [5.74, 6) is 0. The number of ether oxygens (including phenoxy) is 2. The quantitative estimate of drug-likeness (QED) is 0.791. The average Bonchev–Trinajstić information content (AvgIpc) is 1.99. The van der Waals surface area contributed by atoms with E-state index >= 15 is 0 Å². The maximum atomic E-state index is 11.2. The van der Waals surface area contributed by atoms with Crippen LogP contribution < -0.4 is 5.32 Å². The van der Waals surface area contributed by atoms with E-state index in [1.54, 1.807) is 6.92 Å². The lowest BCUT2D eigenvalue weighted by Crippen LogP contribution is -2.44. The van der Waals surface area contributed by atoms with Crippen LogP contribution in [0.25, 0.3) is 0 Å². The van der Waals surface area contributed by atoms with Gasteiger partial charge in [0.2, 0.25) is 0 Å². The normalized spacial score (nSPS) is 12.4. The van der Waals surface area contributed by atoms with Gasteiger partial charge in [-0.1, -0.05) is 0 Å². The summed E-state index contributed by atoms with van der Waals surface area (Å²) in [5.41, 5.74) is -0.447. The van der Waals surface area contributed by atoms with Crippen LogP contribution in [0.15, 0.2) is 0 Å². The Morgan fingerprint density at radius 2 is 1.75 bits per heavy atom. The Kier molecular flexibility index (Phi) is 5.79. The zero-order valence-corrected chi connectivity index (χ0v) is 11.3. The minimum absolute atomic E-state index is 0.139. The lowest BCUT2D eigenvalue weighted by atomic mass is 10.0. The zero-order chi connectivity index (χ0) is 12.8. The maximum absolute atomic E-state index is 11.2. The molecule has 0 aromatic carbocycles. The van der Waals surface area contributed by atoms with Crippen molar-refractivity contribution in [3.05, 3.63) is 0 Å². The lowest BCUT2D eigenvalue weighted by Gasteiger charge is -2.28. The number of alkyl carbamates (subject to hydrolysis) is 1. The second-order valence-electron chi connectivity index (χ2n) is 5.44. The van der Waals surface area contributed by atoms with Gasteiger partial charge < -0.3 is 14.8 Å². The first-order chi connectivity index (χ1) is 7.16. The number of nitrogens with one attached hydrogen (secondary N) is 1. The molecule has 0 aliphatic rings. The number of hydrogen-bond acceptors (Lipinski definition) is 3. The summed E-state index contributed by atoms with van der Waals surface area (Å²) in [5, 5.41) is 2.80. The van der Waals surface area contributed by atoms with E-state index in [-0.39, 0.29) is 17.2 Å². The molecule has 0 spiro atoms. The Labute approximate surface area is 98.7 Å². The van der Waals surface area contributed by atoms with E-state index in [1.165, 1.54) is 0 Å². The number of hydrogen-bond donors (Lipinski definition) is 1. The Morgan fingerprint density at radius 3 is 2.19 bits per heavy atom. The van der Waals surface area contributed by atoms with Crippen LogP contribution in [0.1, 0.15) is 48.0 Å². The summed E-state index contributed by atoms with van der Waals surface area (Å²) in [6, 6.07) is 0. The molecule has 0 saturated heterocycles. The average molecular weight is 231 g/mol. The van der Waals surface area contributed by atoms with Crippen LogP contribution in [-0.4, -0.2) is 30.4 Å². The molecule has 0 aromatic rings. The van der Waals surface area contributed by atoms with Crippen LogP contribution in [0, 0.1) is 0 Å². The van der Waals surface area contributed by atoms with Crippen LogP contribution >= 0.6 is 0 Å². The van der Waals surface area contributed by atoms with E-state index in [4.69, 9.17) is 9.47 Å². The van der Waals surface area contributed by atoms with E-state index in [0.717, 1.165) is 6.42 Å². The highest BCUT2D eigenvalue weighted by molar-refractivity contribution is 5.68. The molecule has 0 heterocycles. The van der Waals surface area contributed by atoms with Gasteiger partial charge in [0.05, 0.1) is 12.2 Å². The first kappa shape index (κ1) is 15.2. The molecule has 0 aromatic heterocycles. The third kappa shape index (κ3) is 8.53. The van der Waals surface area contributed by atoms with Crippen molar-refractivity contribution in [1.29, 1.82) is 0 Å². The zero-order valence-electron chi connectivity index (χ0n) is 11.3. The molecule has 0 rings (SSSR count). The maximum Gasteiger partial charge on any atom is 0.407 e. The molecule has 4 nitrogen and oxygen atoms in total.